The summed E-state index contributed by atoms with van der Waals surface area (Å²) in [6, 6.07) is 0. The van der Waals surface area contributed by atoms with Crippen LogP contribution in [-0.2, 0) is 4.74 Å². The molecule has 0 radical (unpaired) electrons. The van der Waals surface area contributed by atoms with Crippen molar-refractivity contribution in [3.8, 4) is 0 Å². The van der Waals surface area contributed by atoms with E-state index in [9.17, 15) is 10.1 Å². The molecule has 2 rings (SSSR count). The third-order valence-corrected chi connectivity index (χ3v) is 2.00. The van der Waals surface area contributed by atoms with Gasteiger partial charge in [0.05, 0.1) is 23.4 Å². The number of allylic oxidation sites excluding steroid dienone is 4. The molecule has 0 aromatic heterocycles. The number of ether oxygens (including phenoxy) is 1. The summed E-state index contributed by atoms with van der Waals surface area (Å²) in [6.45, 7) is 0. The standard InChI is InChI=1S/C9H7NO3/c11-10(12)9-3-1-2-7-6-13-5-4-8(7)9/h1-6,8H. The Hall–Kier alpha value is -1.84. The largest absolute Gasteiger partial charge is 0.473 e. The van der Waals surface area contributed by atoms with Crippen LogP contribution in [0, 0.1) is 16.0 Å². The first kappa shape index (κ1) is 7.79. The number of nitro groups is 1. The van der Waals surface area contributed by atoms with Crippen molar-refractivity contribution in [2.75, 3.05) is 0 Å². The molecule has 1 aliphatic heterocycles. The first-order valence-corrected chi connectivity index (χ1v) is 3.84. The lowest BCUT2D eigenvalue weighted by Gasteiger charge is -2.16. The molecule has 4 nitrogen and oxygen atoms in total. The van der Waals surface area contributed by atoms with Crippen molar-refractivity contribution in [1.29, 1.82) is 0 Å². The van der Waals surface area contributed by atoms with E-state index in [4.69, 9.17) is 4.74 Å². The molecule has 0 amide bonds. The molecule has 4 heteroatoms. The lowest BCUT2D eigenvalue weighted by molar-refractivity contribution is -0.431. The molecule has 0 N–H and O–H groups in total. The van der Waals surface area contributed by atoms with Gasteiger partial charge in [0.15, 0.2) is 0 Å². The van der Waals surface area contributed by atoms with E-state index < -0.39 is 0 Å². The van der Waals surface area contributed by atoms with Crippen molar-refractivity contribution in [2.24, 2.45) is 5.92 Å². The SMILES string of the molecule is O=[N+]([O-])C1=CC=CC2=COC=CC21. The molecule has 0 aromatic carbocycles. The molecule has 13 heavy (non-hydrogen) atoms. The molecule has 66 valence electrons. The van der Waals surface area contributed by atoms with Crippen molar-refractivity contribution >= 4 is 0 Å². The smallest absolute Gasteiger partial charge is 0.257 e. The number of hydrogen-bond donors (Lipinski definition) is 0. The van der Waals surface area contributed by atoms with E-state index >= 15 is 0 Å². The van der Waals surface area contributed by atoms with Crippen molar-refractivity contribution in [2.45, 2.75) is 0 Å². The van der Waals surface area contributed by atoms with Gasteiger partial charge in [0.1, 0.15) is 0 Å². The predicted octanol–water partition coefficient (Wildman–Crippen LogP) is 1.76. The van der Waals surface area contributed by atoms with E-state index in [1.54, 1.807) is 18.2 Å². The Balaban J connectivity index is 2.39. The van der Waals surface area contributed by atoms with Gasteiger partial charge >= 0.3 is 0 Å². The minimum atomic E-state index is -0.363. The second kappa shape index (κ2) is 2.90. The molecule has 0 bridgehead atoms. The van der Waals surface area contributed by atoms with Crippen LogP contribution in [0.5, 0.6) is 0 Å². The van der Waals surface area contributed by atoms with Crippen LogP contribution in [0.25, 0.3) is 0 Å². The van der Waals surface area contributed by atoms with Crippen LogP contribution in [0.1, 0.15) is 0 Å². The molecule has 1 aliphatic carbocycles. The van der Waals surface area contributed by atoms with E-state index in [0.717, 1.165) is 5.57 Å². The highest BCUT2D eigenvalue weighted by molar-refractivity contribution is 5.39. The molecule has 1 heterocycles. The van der Waals surface area contributed by atoms with Crippen LogP contribution < -0.4 is 0 Å². The van der Waals surface area contributed by atoms with Crippen molar-refractivity contribution in [3.05, 3.63) is 58.2 Å². The lowest BCUT2D eigenvalue weighted by atomic mass is 9.92. The highest BCUT2D eigenvalue weighted by Crippen LogP contribution is 2.29. The highest BCUT2D eigenvalue weighted by atomic mass is 16.6. The molecule has 0 aromatic rings. The van der Waals surface area contributed by atoms with Crippen LogP contribution in [0.4, 0.5) is 0 Å². The first-order valence-electron chi connectivity index (χ1n) is 3.84. The van der Waals surface area contributed by atoms with Gasteiger partial charge in [-0.25, -0.2) is 0 Å². The summed E-state index contributed by atoms with van der Waals surface area (Å²) in [7, 11) is 0. The molecule has 0 spiro atoms. The second-order valence-corrected chi connectivity index (χ2v) is 2.77. The van der Waals surface area contributed by atoms with E-state index in [-0.39, 0.29) is 16.5 Å². The number of hydrogen-bond acceptors (Lipinski definition) is 3. The highest BCUT2D eigenvalue weighted by Gasteiger charge is 2.28. The van der Waals surface area contributed by atoms with E-state index in [1.165, 1.54) is 18.6 Å². The Labute approximate surface area is 74.7 Å². The third-order valence-electron chi connectivity index (χ3n) is 2.00. The van der Waals surface area contributed by atoms with Gasteiger partial charge in [-0.15, -0.1) is 0 Å². The zero-order valence-corrected chi connectivity index (χ0v) is 6.71. The zero-order valence-electron chi connectivity index (χ0n) is 6.71. The number of rotatable bonds is 1. The molecule has 0 fully saturated rings. The summed E-state index contributed by atoms with van der Waals surface area (Å²) in [5.74, 6) is -0.256. The molecule has 1 atom stereocenters. The Morgan fingerprint density at radius 3 is 3.15 bits per heavy atom. The van der Waals surface area contributed by atoms with Gasteiger partial charge in [0.25, 0.3) is 5.70 Å². The Morgan fingerprint density at radius 1 is 1.54 bits per heavy atom. The Bertz CT molecular complexity index is 363. The minimum Gasteiger partial charge on any atom is -0.473 e. The Morgan fingerprint density at radius 2 is 2.38 bits per heavy atom. The molecular formula is C9H7NO3. The van der Waals surface area contributed by atoms with Crippen molar-refractivity contribution in [3.63, 3.8) is 0 Å². The molecule has 1 unspecified atom stereocenters. The van der Waals surface area contributed by atoms with Gasteiger partial charge in [-0.05, 0) is 6.08 Å². The normalized spacial score (nSPS) is 24.2. The van der Waals surface area contributed by atoms with Gasteiger partial charge in [-0.1, -0.05) is 12.2 Å². The molecule has 2 aliphatic rings. The van der Waals surface area contributed by atoms with Gasteiger partial charge < -0.3 is 4.74 Å². The Kier molecular flexibility index (Phi) is 1.73. The fourth-order valence-corrected chi connectivity index (χ4v) is 1.37. The van der Waals surface area contributed by atoms with E-state index in [0.29, 0.717) is 0 Å². The van der Waals surface area contributed by atoms with Gasteiger partial charge in [0.2, 0.25) is 0 Å². The van der Waals surface area contributed by atoms with Crippen LogP contribution >= 0.6 is 0 Å². The van der Waals surface area contributed by atoms with Crippen LogP contribution in [0.15, 0.2) is 48.1 Å². The van der Waals surface area contributed by atoms with Crippen molar-refractivity contribution in [1.82, 2.24) is 0 Å². The maximum absolute atomic E-state index is 10.6. The topological polar surface area (TPSA) is 52.4 Å². The van der Waals surface area contributed by atoms with E-state index in [1.807, 2.05) is 0 Å². The second-order valence-electron chi connectivity index (χ2n) is 2.77. The van der Waals surface area contributed by atoms with Gasteiger partial charge in [0, 0.05) is 11.6 Å². The maximum atomic E-state index is 10.6. The molecule has 0 saturated heterocycles. The number of fused-ring (bicyclic) bond motifs is 1. The maximum Gasteiger partial charge on any atom is 0.257 e. The summed E-state index contributed by atoms with van der Waals surface area (Å²) in [4.78, 5) is 10.2. The lowest BCUT2D eigenvalue weighted by Crippen LogP contribution is -2.15. The third kappa shape index (κ3) is 1.26. The monoisotopic (exact) mass is 177 g/mol. The van der Waals surface area contributed by atoms with E-state index in [2.05, 4.69) is 0 Å². The average Bonchev–Trinajstić information content (AvgIpc) is 2.17. The zero-order chi connectivity index (χ0) is 9.26. The first-order chi connectivity index (χ1) is 6.29. The fraction of sp³-hybridized carbons (Fsp3) is 0.111. The fourth-order valence-electron chi connectivity index (χ4n) is 1.37. The number of nitrogens with zero attached hydrogens (tertiary/aromatic N) is 1. The molecular weight excluding hydrogens is 170 g/mol. The quantitative estimate of drug-likeness (QED) is 0.453. The van der Waals surface area contributed by atoms with Gasteiger partial charge in [-0.3, -0.25) is 10.1 Å². The van der Waals surface area contributed by atoms with Crippen LogP contribution in [0.2, 0.25) is 0 Å². The summed E-state index contributed by atoms with van der Waals surface area (Å²) < 4.78 is 4.92. The van der Waals surface area contributed by atoms with Crippen LogP contribution in [-0.4, -0.2) is 4.92 Å². The van der Waals surface area contributed by atoms with Gasteiger partial charge in [-0.2, -0.15) is 0 Å². The summed E-state index contributed by atoms with van der Waals surface area (Å²) in [6.07, 6.45) is 9.64. The summed E-state index contributed by atoms with van der Waals surface area (Å²) in [5.41, 5.74) is 1.00. The molecule has 0 saturated carbocycles. The average molecular weight is 177 g/mol. The summed E-state index contributed by atoms with van der Waals surface area (Å²) in [5, 5.41) is 10.6. The van der Waals surface area contributed by atoms with Crippen LogP contribution in [0.3, 0.4) is 0 Å². The van der Waals surface area contributed by atoms with Crippen molar-refractivity contribution < 1.29 is 9.66 Å². The summed E-state index contributed by atoms with van der Waals surface area (Å²) >= 11 is 0. The predicted molar refractivity (Wildman–Crippen MR) is 46.0 cm³/mol. The minimum absolute atomic E-state index is 0.188.